The van der Waals surface area contributed by atoms with Crippen molar-refractivity contribution in [2.75, 3.05) is 31.5 Å². The van der Waals surface area contributed by atoms with Crippen LogP contribution in [0.4, 0.5) is 5.69 Å². The van der Waals surface area contributed by atoms with Crippen LogP contribution in [-0.4, -0.2) is 55.8 Å². The summed E-state index contributed by atoms with van der Waals surface area (Å²) in [5, 5.41) is 12.4. The SMILES string of the molecule is N#Cc1ccc(S(=O)(=O)N2CCC(C(=O)N3CCC(Nc4ccccc4)C3)CC2)cc1. The van der Waals surface area contributed by atoms with Crippen molar-refractivity contribution in [1.82, 2.24) is 9.21 Å². The topological polar surface area (TPSA) is 93.5 Å². The smallest absolute Gasteiger partial charge is 0.243 e. The van der Waals surface area contributed by atoms with Crippen LogP contribution in [0.25, 0.3) is 0 Å². The summed E-state index contributed by atoms with van der Waals surface area (Å²) in [7, 11) is -3.61. The van der Waals surface area contributed by atoms with Crippen LogP contribution in [0.3, 0.4) is 0 Å². The average molecular weight is 439 g/mol. The lowest BCUT2D eigenvalue weighted by Crippen LogP contribution is -2.44. The maximum Gasteiger partial charge on any atom is 0.243 e. The summed E-state index contributed by atoms with van der Waals surface area (Å²) in [6.45, 7) is 2.07. The first-order chi connectivity index (χ1) is 15.0. The Labute approximate surface area is 183 Å². The van der Waals surface area contributed by atoms with Gasteiger partial charge in [-0.15, -0.1) is 0 Å². The first-order valence-corrected chi connectivity index (χ1v) is 12.0. The molecule has 31 heavy (non-hydrogen) atoms. The van der Waals surface area contributed by atoms with Gasteiger partial charge in [0.2, 0.25) is 15.9 Å². The molecule has 0 bridgehead atoms. The molecule has 2 saturated heterocycles. The molecular formula is C23H26N4O3S. The van der Waals surface area contributed by atoms with Crippen molar-refractivity contribution in [3.05, 3.63) is 60.2 Å². The van der Waals surface area contributed by atoms with Crippen LogP contribution in [0.2, 0.25) is 0 Å². The van der Waals surface area contributed by atoms with Gasteiger partial charge in [-0.25, -0.2) is 8.42 Å². The highest BCUT2D eigenvalue weighted by Gasteiger charge is 2.36. The molecule has 0 spiro atoms. The number of nitriles is 1. The van der Waals surface area contributed by atoms with Crippen LogP contribution in [0.15, 0.2) is 59.5 Å². The highest BCUT2D eigenvalue weighted by atomic mass is 32.2. The quantitative estimate of drug-likeness (QED) is 0.775. The Bertz CT molecular complexity index is 1060. The third kappa shape index (κ3) is 4.73. The number of hydrogen-bond donors (Lipinski definition) is 1. The number of sulfonamides is 1. The summed E-state index contributed by atoms with van der Waals surface area (Å²) in [6, 6.07) is 18.2. The number of likely N-dealkylation sites (tertiary alicyclic amines) is 1. The first-order valence-electron chi connectivity index (χ1n) is 10.6. The van der Waals surface area contributed by atoms with Gasteiger partial charge in [0.25, 0.3) is 0 Å². The number of piperidine rings is 1. The molecule has 2 aliphatic rings. The number of carbonyl (C=O) groups is 1. The summed E-state index contributed by atoms with van der Waals surface area (Å²) in [5.41, 5.74) is 1.48. The van der Waals surface area contributed by atoms with Gasteiger partial charge in [-0.05, 0) is 55.7 Å². The largest absolute Gasteiger partial charge is 0.380 e. The number of amides is 1. The van der Waals surface area contributed by atoms with Gasteiger partial charge in [-0.2, -0.15) is 9.57 Å². The molecule has 0 aromatic heterocycles. The van der Waals surface area contributed by atoms with Crippen LogP contribution in [-0.2, 0) is 14.8 Å². The molecule has 2 heterocycles. The fourth-order valence-electron chi connectivity index (χ4n) is 4.30. The minimum Gasteiger partial charge on any atom is -0.380 e. The lowest BCUT2D eigenvalue weighted by atomic mass is 9.96. The van der Waals surface area contributed by atoms with Crippen molar-refractivity contribution in [3.8, 4) is 6.07 Å². The van der Waals surface area contributed by atoms with E-state index < -0.39 is 10.0 Å². The zero-order valence-corrected chi connectivity index (χ0v) is 18.1. The minimum atomic E-state index is -3.61. The van der Waals surface area contributed by atoms with Gasteiger partial charge in [0, 0.05) is 43.8 Å². The molecule has 8 heteroatoms. The van der Waals surface area contributed by atoms with Gasteiger partial charge in [-0.3, -0.25) is 4.79 Å². The van der Waals surface area contributed by atoms with Gasteiger partial charge < -0.3 is 10.2 Å². The van der Waals surface area contributed by atoms with E-state index in [4.69, 9.17) is 5.26 Å². The molecule has 2 aromatic carbocycles. The minimum absolute atomic E-state index is 0.132. The number of nitrogens with zero attached hydrogens (tertiary/aromatic N) is 3. The Hall–Kier alpha value is -2.89. The zero-order valence-electron chi connectivity index (χ0n) is 17.3. The fraction of sp³-hybridized carbons (Fsp3) is 0.391. The van der Waals surface area contributed by atoms with Crippen molar-refractivity contribution in [3.63, 3.8) is 0 Å². The molecule has 1 unspecified atom stereocenters. The molecule has 4 rings (SSSR count). The van der Waals surface area contributed by atoms with Crippen LogP contribution in [0.1, 0.15) is 24.8 Å². The molecule has 1 amide bonds. The predicted octanol–water partition coefficient (Wildman–Crippen LogP) is 2.67. The van der Waals surface area contributed by atoms with Gasteiger partial charge in [-0.1, -0.05) is 18.2 Å². The first kappa shape index (κ1) is 21.3. The van der Waals surface area contributed by atoms with Crippen LogP contribution in [0.5, 0.6) is 0 Å². The van der Waals surface area contributed by atoms with Gasteiger partial charge in [0.05, 0.1) is 16.5 Å². The average Bonchev–Trinajstić information content (AvgIpc) is 3.28. The molecule has 1 N–H and O–H groups in total. The summed E-state index contributed by atoms with van der Waals surface area (Å²) in [6.07, 6.45) is 1.97. The Morgan fingerprint density at radius 3 is 2.29 bits per heavy atom. The molecule has 0 radical (unpaired) electrons. The second kappa shape index (κ2) is 9.08. The summed E-state index contributed by atoms with van der Waals surface area (Å²) < 4.78 is 27.2. The summed E-state index contributed by atoms with van der Waals surface area (Å²) >= 11 is 0. The highest BCUT2D eigenvalue weighted by Crippen LogP contribution is 2.27. The van der Waals surface area contributed by atoms with Crippen molar-refractivity contribution < 1.29 is 13.2 Å². The van der Waals surface area contributed by atoms with Crippen molar-refractivity contribution in [1.29, 1.82) is 5.26 Å². The van der Waals surface area contributed by atoms with Crippen molar-refractivity contribution in [2.24, 2.45) is 5.92 Å². The van der Waals surface area contributed by atoms with E-state index in [0.29, 0.717) is 38.0 Å². The molecule has 2 fully saturated rings. The number of nitrogens with one attached hydrogen (secondary N) is 1. The van der Waals surface area contributed by atoms with Crippen molar-refractivity contribution in [2.45, 2.75) is 30.2 Å². The van der Waals surface area contributed by atoms with Crippen molar-refractivity contribution >= 4 is 21.6 Å². The normalized spacial score (nSPS) is 20.4. The Balaban J connectivity index is 1.31. The number of hydrogen-bond acceptors (Lipinski definition) is 5. The number of anilines is 1. The van der Waals surface area contributed by atoms with Crippen LogP contribution < -0.4 is 5.32 Å². The number of benzene rings is 2. The van der Waals surface area contributed by atoms with E-state index >= 15 is 0 Å². The molecule has 0 saturated carbocycles. The second-order valence-corrected chi connectivity index (χ2v) is 10.0. The summed E-state index contributed by atoms with van der Waals surface area (Å²) in [5.74, 6) is -0.00401. The number of rotatable bonds is 5. The Morgan fingerprint density at radius 1 is 0.968 bits per heavy atom. The highest BCUT2D eigenvalue weighted by molar-refractivity contribution is 7.89. The number of para-hydroxylation sites is 1. The predicted molar refractivity (Wildman–Crippen MR) is 118 cm³/mol. The van der Waals surface area contributed by atoms with Crippen LogP contribution >= 0.6 is 0 Å². The van der Waals surface area contributed by atoms with Gasteiger partial charge in [0.1, 0.15) is 0 Å². The maximum absolute atomic E-state index is 13.0. The monoisotopic (exact) mass is 438 g/mol. The molecule has 162 valence electrons. The summed E-state index contributed by atoms with van der Waals surface area (Å²) in [4.78, 5) is 15.1. The van der Waals surface area contributed by atoms with E-state index in [1.54, 1.807) is 0 Å². The molecule has 0 aliphatic carbocycles. The van der Waals surface area contributed by atoms with E-state index in [9.17, 15) is 13.2 Å². The molecule has 1 atom stereocenters. The standard InChI is InChI=1S/C23H26N4O3S/c24-16-18-6-8-22(9-7-18)31(29,30)27-14-10-19(11-15-27)23(28)26-13-12-21(17-26)25-20-4-2-1-3-5-20/h1-9,19,21,25H,10-15,17H2. The van der Waals surface area contributed by atoms with E-state index in [1.165, 1.54) is 28.6 Å². The molecule has 2 aromatic rings. The van der Waals surface area contributed by atoms with Crippen LogP contribution in [0, 0.1) is 17.2 Å². The Morgan fingerprint density at radius 2 is 1.65 bits per heavy atom. The van der Waals surface area contributed by atoms with Gasteiger partial charge in [0.15, 0.2) is 0 Å². The molecular weight excluding hydrogens is 412 g/mol. The molecule has 7 nitrogen and oxygen atoms in total. The van der Waals surface area contributed by atoms with E-state index in [-0.39, 0.29) is 22.8 Å². The van der Waals surface area contributed by atoms with E-state index in [0.717, 1.165) is 18.7 Å². The maximum atomic E-state index is 13.0. The molecule has 2 aliphatic heterocycles. The lowest BCUT2D eigenvalue weighted by molar-refractivity contribution is -0.135. The fourth-order valence-corrected chi connectivity index (χ4v) is 5.77. The van der Waals surface area contributed by atoms with Gasteiger partial charge >= 0.3 is 0 Å². The van der Waals surface area contributed by atoms with E-state index in [1.807, 2.05) is 41.3 Å². The Kier molecular flexibility index (Phi) is 6.25. The number of carbonyl (C=O) groups excluding carboxylic acids is 1. The zero-order chi connectivity index (χ0) is 21.8. The van der Waals surface area contributed by atoms with E-state index in [2.05, 4.69) is 5.32 Å². The second-order valence-electron chi connectivity index (χ2n) is 8.09. The third-order valence-corrected chi connectivity index (χ3v) is 7.98. The third-order valence-electron chi connectivity index (χ3n) is 6.07. The lowest BCUT2D eigenvalue weighted by Gasteiger charge is -2.32.